The van der Waals surface area contributed by atoms with E-state index in [1.54, 1.807) is 12.1 Å². The van der Waals surface area contributed by atoms with Crippen molar-refractivity contribution in [3.8, 4) is 0 Å². The molecule has 3 N–H and O–H groups in total. The van der Waals surface area contributed by atoms with Crippen LogP contribution < -0.4 is 5.73 Å². The van der Waals surface area contributed by atoms with Crippen molar-refractivity contribution in [1.29, 1.82) is 0 Å². The number of hydrogen-bond acceptors (Lipinski definition) is 3. The molecule has 1 aliphatic heterocycles. The minimum absolute atomic E-state index is 0.0298. The lowest BCUT2D eigenvalue weighted by Crippen LogP contribution is -2.45. The molecule has 2 rings (SSSR count). The molecular weight excluding hydrogens is 255 g/mol. The van der Waals surface area contributed by atoms with Crippen molar-refractivity contribution in [2.45, 2.75) is 44.8 Å². The van der Waals surface area contributed by atoms with Crippen molar-refractivity contribution in [3.05, 3.63) is 35.6 Å². The minimum atomic E-state index is -0.233. The van der Waals surface area contributed by atoms with E-state index in [0.717, 1.165) is 24.9 Å². The molecule has 112 valence electrons. The maximum absolute atomic E-state index is 13.5. The van der Waals surface area contributed by atoms with E-state index < -0.39 is 0 Å². The highest BCUT2D eigenvalue weighted by molar-refractivity contribution is 5.22. The average Bonchev–Trinajstić information content (AvgIpc) is 2.80. The Kier molecular flexibility index (Phi) is 5.13. The maximum Gasteiger partial charge on any atom is 0.123 e. The zero-order valence-corrected chi connectivity index (χ0v) is 12.3. The van der Waals surface area contributed by atoms with Crippen molar-refractivity contribution in [3.63, 3.8) is 0 Å². The van der Waals surface area contributed by atoms with Gasteiger partial charge in [0, 0.05) is 12.1 Å². The van der Waals surface area contributed by atoms with Crippen LogP contribution in [-0.2, 0) is 0 Å². The predicted molar refractivity (Wildman–Crippen MR) is 78.8 cm³/mol. The zero-order valence-electron chi connectivity index (χ0n) is 12.3. The molecular formula is C16H25FN2O. The third-order valence-corrected chi connectivity index (χ3v) is 4.54. The number of aliphatic hydroxyl groups is 1. The highest BCUT2D eigenvalue weighted by Crippen LogP contribution is 2.35. The first-order valence-corrected chi connectivity index (χ1v) is 7.46. The van der Waals surface area contributed by atoms with Gasteiger partial charge in [0.2, 0.25) is 0 Å². The first-order valence-electron chi connectivity index (χ1n) is 7.46. The first-order chi connectivity index (χ1) is 9.58. The van der Waals surface area contributed by atoms with Gasteiger partial charge in [-0.25, -0.2) is 4.39 Å². The standard InChI is InChI=1S/C16H25FN2O/c1-3-14(18)16(12-5-4-6-13(17)9-12)19-8-7-11(2)15(19)10-20/h4-6,9,11,14-16,20H,3,7-8,10,18H2,1-2H3. The molecule has 0 radical (unpaired) electrons. The highest BCUT2D eigenvalue weighted by atomic mass is 19.1. The summed E-state index contributed by atoms with van der Waals surface area (Å²) in [4.78, 5) is 2.26. The number of aliphatic hydroxyl groups excluding tert-OH is 1. The van der Waals surface area contributed by atoms with E-state index in [0.29, 0.717) is 5.92 Å². The van der Waals surface area contributed by atoms with E-state index >= 15 is 0 Å². The summed E-state index contributed by atoms with van der Waals surface area (Å²) in [6.45, 7) is 5.23. The van der Waals surface area contributed by atoms with Crippen LogP contribution in [0.1, 0.15) is 38.3 Å². The molecule has 0 aliphatic carbocycles. The average molecular weight is 280 g/mol. The molecule has 4 heteroatoms. The van der Waals surface area contributed by atoms with Crippen molar-refractivity contribution >= 4 is 0 Å². The summed E-state index contributed by atoms with van der Waals surface area (Å²) in [6.07, 6.45) is 1.87. The van der Waals surface area contributed by atoms with Crippen LogP contribution >= 0.6 is 0 Å². The van der Waals surface area contributed by atoms with Gasteiger partial charge in [-0.2, -0.15) is 0 Å². The summed E-state index contributed by atoms with van der Waals surface area (Å²) in [6, 6.07) is 6.70. The second-order valence-corrected chi connectivity index (χ2v) is 5.83. The van der Waals surface area contributed by atoms with Crippen molar-refractivity contribution in [2.24, 2.45) is 11.7 Å². The first kappa shape index (κ1) is 15.4. The van der Waals surface area contributed by atoms with E-state index in [2.05, 4.69) is 11.8 Å². The van der Waals surface area contributed by atoms with Gasteiger partial charge in [0.15, 0.2) is 0 Å². The van der Waals surface area contributed by atoms with Gasteiger partial charge < -0.3 is 10.8 Å². The van der Waals surface area contributed by atoms with Crippen LogP contribution in [-0.4, -0.2) is 35.2 Å². The summed E-state index contributed by atoms with van der Waals surface area (Å²) in [5, 5.41) is 9.66. The molecule has 1 heterocycles. The van der Waals surface area contributed by atoms with Gasteiger partial charge in [0.1, 0.15) is 5.82 Å². The Labute approximate surface area is 120 Å². The molecule has 20 heavy (non-hydrogen) atoms. The van der Waals surface area contributed by atoms with Crippen LogP contribution in [0.25, 0.3) is 0 Å². The van der Waals surface area contributed by atoms with Crippen LogP contribution in [0.2, 0.25) is 0 Å². The number of nitrogens with zero attached hydrogens (tertiary/aromatic N) is 1. The van der Waals surface area contributed by atoms with E-state index in [9.17, 15) is 9.50 Å². The molecule has 0 saturated carbocycles. The van der Waals surface area contributed by atoms with Gasteiger partial charge in [-0.05, 0) is 43.0 Å². The van der Waals surface area contributed by atoms with E-state index in [1.807, 2.05) is 13.0 Å². The molecule has 1 aromatic rings. The molecule has 1 aliphatic rings. The van der Waals surface area contributed by atoms with Crippen LogP contribution in [0.5, 0.6) is 0 Å². The van der Waals surface area contributed by atoms with E-state index in [4.69, 9.17) is 5.73 Å². The summed E-state index contributed by atoms with van der Waals surface area (Å²) in [5.41, 5.74) is 7.20. The Balaban J connectivity index is 2.33. The van der Waals surface area contributed by atoms with Crippen LogP contribution in [0.3, 0.4) is 0 Å². The van der Waals surface area contributed by atoms with Gasteiger partial charge >= 0.3 is 0 Å². The smallest absolute Gasteiger partial charge is 0.123 e. The molecule has 0 spiro atoms. The molecule has 4 atom stereocenters. The molecule has 1 aromatic carbocycles. The maximum atomic E-state index is 13.5. The van der Waals surface area contributed by atoms with Crippen LogP contribution in [0.4, 0.5) is 4.39 Å². The Morgan fingerprint density at radius 2 is 2.25 bits per heavy atom. The van der Waals surface area contributed by atoms with Gasteiger partial charge in [0.05, 0.1) is 12.6 Å². The SMILES string of the molecule is CCC(N)C(c1cccc(F)c1)N1CCC(C)C1CO. The summed E-state index contributed by atoms with van der Waals surface area (Å²) >= 11 is 0. The lowest BCUT2D eigenvalue weighted by Gasteiger charge is -2.37. The number of rotatable bonds is 5. The molecule has 3 nitrogen and oxygen atoms in total. The van der Waals surface area contributed by atoms with Crippen molar-refractivity contribution in [1.82, 2.24) is 4.90 Å². The number of hydrogen-bond donors (Lipinski definition) is 2. The lowest BCUT2D eigenvalue weighted by atomic mass is 9.94. The quantitative estimate of drug-likeness (QED) is 0.870. The molecule has 1 fully saturated rings. The van der Waals surface area contributed by atoms with Crippen LogP contribution in [0, 0.1) is 11.7 Å². The second-order valence-electron chi connectivity index (χ2n) is 5.83. The lowest BCUT2D eigenvalue weighted by molar-refractivity contribution is 0.0892. The summed E-state index contributed by atoms with van der Waals surface area (Å²) < 4.78 is 13.5. The highest BCUT2D eigenvalue weighted by Gasteiger charge is 2.37. The van der Waals surface area contributed by atoms with Crippen molar-refractivity contribution < 1.29 is 9.50 Å². The Hall–Kier alpha value is -0.970. The van der Waals surface area contributed by atoms with Gasteiger partial charge in [-0.1, -0.05) is 26.0 Å². The Morgan fingerprint density at radius 3 is 2.85 bits per heavy atom. The zero-order chi connectivity index (χ0) is 14.7. The van der Waals surface area contributed by atoms with Gasteiger partial charge in [0.25, 0.3) is 0 Å². The summed E-state index contributed by atoms with van der Waals surface area (Å²) in [7, 11) is 0. The van der Waals surface area contributed by atoms with E-state index in [-0.39, 0.29) is 30.5 Å². The number of benzene rings is 1. The Morgan fingerprint density at radius 1 is 1.50 bits per heavy atom. The number of likely N-dealkylation sites (tertiary alicyclic amines) is 1. The molecule has 0 aromatic heterocycles. The predicted octanol–water partition coefficient (Wildman–Crippen LogP) is 2.31. The normalized spacial score (nSPS) is 26.6. The fourth-order valence-electron chi connectivity index (χ4n) is 3.27. The third-order valence-electron chi connectivity index (χ3n) is 4.54. The molecule has 1 saturated heterocycles. The monoisotopic (exact) mass is 280 g/mol. The topological polar surface area (TPSA) is 49.5 Å². The van der Waals surface area contributed by atoms with Gasteiger partial charge in [-0.15, -0.1) is 0 Å². The van der Waals surface area contributed by atoms with Crippen LogP contribution in [0.15, 0.2) is 24.3 Å². The summed E-state index contributed by atoms with van der Waals surface area (Å²) in [5.74, 6) is 0.212. The third kappa shape index (κ3) is 3.03. The fourth-order valence-corrected chi connectivity index (χ4v) is 3.27. The molecule has 4 unspecified atom stereocenters. The Bertz CT molecular complexity index is 440. The van der Waals surface area contributed by atoms with E-state index in [1.165, 1.54) is 6.07 Å². The number of nitrogens with two attached hydrogens (primary N) is 1. The largest absolute Gasteiger partial charge is 0.395 e. The molecule has 0 amide bonds. The molecule has 0 bridgehead atoms. The van der Waals surface area contributed by atoms with Crippen molar-refractivity contribution in [2.75, 3.05) is 13.2 Å². The minimum Gasteiger partial charge on any atom is -0.395 e. The number of halogens is 1. The van der Waals surface area contributed by atoms with Gasteiger partial charge in [-0.3, -0.25) is 4.90 Å². The fraction of sp³-hybridized carbons (Fsp3) is 0.625. The second kappa shape index (κ2) is 6.66.